The van der Waals surface area contributed by atoms with Gasteiger partial charge in [0, 0.05) is 23.8 Å². The Balaban J connectivity index is 1.63. The fourth-order valence-electron chi connectivity index (χ4n) is 4.97. The van der Waals surface area contributed by atoms with Gasteiger partial charge in [0.25, 0.3) is 0 Å². The monoisotopic (exact) mass is 319 g/mol. The number of anilines is 1. The second-order valence-electron chi connectivity index (χ2n) is 7.50. The summed E-state index contributed by atoms with van der Waals surface area (Å²) in [7, 11) is 0. The number of hydrogen-bond donors (Lipinski definition) is 1. The molecule has 1 aliphatic carbocycles. The lowest BCUT2D eigenvalue weighted by atomic mass is 9.75. The maximum absolute atomic E-state index is 6.31. The van der Waals surface area contributed by atoms with Gasteiger partial charge in [-0.25, -0.2) is 0 Å². The summed E-state index contributed by atoms with van der Waals surface area (Å²) in [6, 6.07) is 16.0. The van der Waals surface area contributed by atoms with E-state index in [1.807, 2.05) is 0 Å². The van der Waals surface area contributed by atoms with Gasteiger partial charge in [0.15, 0.2) is 0 Å². The average Bonchev–Trinajstić information content (AvgIpc) is 2.67. The molecule has 1 fully saturated rings. The first-order valence-electron chi connectivity index (χ1n) is 9.49. The van der Waals surface area contributed by atoms with Crippen molar-refractivity contribution in [1.82, 2.24) is 0 Å². The van der Waals surface area contributed by atoms with Gasteiger partial charge >= 0.3 is 0 Å². The van der Waals surface area contributed by atoms with Crippen molar-refractivity contribution >= 4 is 5.69 Å². The Morgan fingerprint density at radius 2 is 1.79 bits per heavy atom. The minimum atomic E-state index is 0.257. The van der Waals surface area contributed by atoms with E-state index in [-0.39, 0.29) is 6.10 Å². The summed E-state index contributed by atoms with van der Waals surface area (Å²) in [6.07, 6.45) is 7.76. The fourth-order valence-corrected chi connectivity index (χ4v) is 4.97. The number of fused-ring (bicyclic) bond motifs is 5. The van der Waals surface area contributed by atoms with E-state index < -0.39 is 0 Å². The van der Waals surface area contributed by atoms with Crippen LogP contribution in [0, 0.1) is 5.92 Å². The van der Waals surface area contributed by atoms with Crippen LogP contribution in [0.25, 0.3) is 0 Å². The molecule has 2 aromatic rings. The molecule has 0 aromatic heterocycles. The first kappa shape index (κ1) is 14.5. The SMILES string of the molecule is c1ccc([C@@H]2Nc3c(ccc4c3CCCC4)[C@@H]3OCCC[C@H]23)cc1. The Labute approximate surface area is 144 Å². The van der Waals surface area contributed by atoms with Crippen molar-refractivity contribution in [3.05, 3.63) is 64.7 Å². The highest BCUT2D eigenvalue weighted by Gasteiger charge is 2.40. The van der Waals surface area contributed by atoms with Crippen molar-refractivity contribution in [2.75, 3.05) is 11.9 Å². The van der Waals surface area contributed by atoms with Crippen LogP contribution >= 0.6 is 0 Å². The highest BCUT2D eigenvalue weighted by Crippen LogP contribution is 2.51. The second-order valence-corrected chi connectivity index (χ2v) is 7.50. The molecule has 2 aliphatic heterocycles. The van der Waals surface area contributed by atoms with Crippen LogP contribution in [-0.4, -0.2) is 6.61 Å². The highest BCUT2D eigenvalue weighted by molar-refractivity contribution is 5.65. The lowest BCUT2D eigenvalue weighted by molar-refractivity contribution is -0.0382. The van der Waals surface area contributed by atoms with Crippen molar-refractivity contribution in [2.45, 2.75) is 50.7 Å². The van der Waals surface area contributed by atoms with E-state index in [2.05, 4.69) is 47.8 Å². The minimum Gasteiger partial charge on any atom is -0.377 e. The summed E-state index contributed by atoms with van der Waals surface area (Å²) < 4.78 is 6.31. The molecule has 3 atom stereocenters. The van der Waals surface area contributed by atoms with Gasteiger partial charge in [-0.15, -0.1) is 0 Å². The van der Waals surface area contributed by atoms with Gasteiger partial charge in [-0.3, -0.25) is 0 Å². The molecule has 0 radical (unpaired) electrons. The van der Waals surface area contributed by atoms with Crippen molar-refractivity contribution in [3.63, 3.8) is 0 Å². The molecule has 5 rings (SSSR count). The zero-order chi connectivity index (χ0) is 15.9. The number of aryl methyl sites for hydroxylation is 1. The van der Waals surface area contributed by atoms with Gasteiger partial charge in [0.2, 0.25) is 0 Å². The molecular weight excluding hydrogens is 294 g/mol. The van der Waals surface area contributed by atoms with E-state index in [0.29, 0.717) is 12.0 Å². The number of benzene rings is 2. The predicted octanol–water partition coefficient (Wildman–Crippen LogP) is 5.20. The van der Waals surface area contributed by atoms with E-state index in [1.54, 1.807) is 11.1 Å². The molecule has 1 N–H and O–H groups in total. The maximum Gasteiger partial charge on any atom is 0.0895 e. The Bertz CT molecular complexity index is 739. The van der Waals surface area contributed by atoms with Crippen molar-refractivity contribution < 1.29 is 4.74 Å². The molecule has 0 saturated carbocycles. The third kappa shape index (κ3) is 2.28. The molecule has 0 unspecified atom stereocenters. The highest BCUT2D eigenvalue weighted by atomic mass is 16.5. The van der Waals surface area contributed by atoms with Gasteiger partial charge in [-0.2, -0.15) is 0 Å². The van der Waals surface area contributed by atoms with Gasteiger partial charge in [0.05, 0.1) is 12.1 Å². The van der Waals surface area contributed by atoms with Crippen LogP contribution in [0.15, 0.2) is 42.5 Å². The molecule has 124 valence electrons. The summed E-state index contributed by atoms with van der Waals surface area (Å²) in [5, 5.41) is 3.96. The van der Waals surface area contributed by atoms with Crippen LogP contribution in [0.4, 0.5) is 5.69 Å². The standard InChI is InChI=1S/C22H25NO/c1-2-8-16(9-3-1)20-18-11-6-14-24-22(18)19-13-12-15-7-4-5-10-17(15)21(19)23-20/h1-3,8-9,12-13,18,20,22-23H,4-7,10-11,14H2/t18-,20+,22-/m1/s1. The van der Waals surface area contributed by atoms with Gasteiger partial charge in [0.1, 0.15) is 0 Å². The van der Waals surface area contributed by atoms with E-state index in [4.69, 9.17) is 4.74 Å². The van der Waals surface area contributed by atoms with Gasteiger partial charge in [-0.05, 0) is 55.2 Å². The molecule has 2 heteroatoms. The lowest BCUT2D eigenvalue weighted by Gasteiger charge is -2.44. The van der Waals surface area contributed by atoms with E-state index in [0.717, 1.165) is 6.61 Å². The van der Waals surface area contributed by atoms with Gasteiger partial charge < -0.3 is 10.1 Å². The van der Waals surface area contributed by atoms with Crippen LogP contribution in [-0.2, 0) is 17.6 Å². The summed E-state index contributed by atoms with van der Waals surface area (Å²) in [5.41, 5.74) is 7.31. The summed E-state index contributed by atoms with van der Waals surface area (Å²) in [5.74, 6) is 0.537. The summed E-state index contributed by atoms with van der Waals surface area (Å²) in [6.45, 7) is 0.902. The largest absolute Gasteiger partial charge is 0.377 e. The van der Waals surface area contributed by atoms with Crippen molar-refractivity contribution in [2.24, 2.45) is 5.92 Å². The topological polar surface area (TPSA) is 21.3 Å². The molecule has 2 heterocycles. The molecule has 0 amide bonds. The molecule has 3 aliphatic rings. The summed E-state index contributed by atoms with van der Waals surface area (Å²) >= 11 is 0. The molecule has 0 spiro atoms. The van der Waals surface area contributed by atoms with Crippen LogP contribution in [0.2, 0.25) is 0 Å². The van der Waals surface area contributed by atoms with E-state index in [9.17, 15) is 0 Å². The number of nitrogens with one attached hydrogen (secondary N) is 1. The van der Waals surface area contributed by atoms with E-state index >= 15 is 0 Å². The predicted molar refractivity (Wildman–Crippen MR) is 97.3 cm³/mol. The molecule has 2 aromatic carbocycles. The molecule has 0 bridgehead atoms. The number of rotatable bonds is 1. The number of hydrogen-bond acceptors (Lipinski definition) is 2. The zero-order valence-corrected chi connectivity index (χ0v) is 14.1. The molecular formula is C22H25NO. The van der Waals surface area contributed by atoms with Crippen molar-refractivity contribution in [1.29, 1.82) is 0 Å². The van der Waals surface area contributed by atoms with Crippen molar-refractivity contribution in [3.8, 4) is 0 Å². The Morgan fingerprint density at radius 3 is 2.71 bits per heavy atom. The molecule has 24 heavy (non-hydrogen) atoms. The maximum atomic E-state index is 6.31. The average molecular weight is 319 g/mol. The fraction of sp³-hybridized carbons (Fsp3) is 0.455. The van der Waals surface area contributed by atoms with Gasteiger partial charge in [-0.1, -0.05) is 42.5 Å². The smallest absolute Gasteiger partial charge is 0.0895 e. The first-order chi connectivity index (χ1) is 11.9. The van der Waals surface area contributed by atoms with Crippen LogP contribution < -0.4 is 5.32 Å². The number of ether oxygens (including phenoxy) is 1. The quantitative estimate of drug-likeness (QED) is 0.780. The summed E-state index contributed by atoms with van der Waals surface area (Å²) in [4.78, 5) is 0. The molecule has 1 saturated heterocycles. The third-order valence-corrected chi connectivity index (χ3v) is 6.13. The lowest BCUT2D eigenvalue weighted by Crippen LogP contribution is -2.36. The third-order valence-electron chi connectivity index (χ3n) is 6.13. The van der Waals surface area contributed by atoms with Crippen LogP contribution in [0.3, 0.4) is 0 Å². The second kappa shape index (κ2) is 5.93. The Kier molecular flexibility index (Phi) is 3.59. The Morgan fingerprint density at radius 1 is 0.917 bits per heavy atom. The van der Waals surface area contributed by atoms with Crippen LogP contribution in [0.5, 0.6) is 0 Å². The minimum absolute atomic E-state index is 0.257. The van der Waals surface area contributed by atoms with E-state index in [1.165, 1.54) is 55.3 Å². The Hall–Kier alpha value is -1.80. The normalized spacial score (nSPS) is 28.2. The zero-order valence-electron chi connectivity index (χ0n) is 14.1. The first-order valence-corrected chi connectivity index (χ1v) is 9.49. The van der Waals surface area contributed by atoms with Crippen LogP contribution in [0.1, 0.15) is 60.1 Å². The molecule has 2 nitrogen and oxygen atoms in total.